The number of nitrogens with one attached hydrogen (secondary N) is 1. The fourth-order valence-electron chi connectivity index (χ4n) is 9.50. The average Bonchev–Trinajstić information content (AvgIpc) is 4.18. The highest BCUT2D eigenvalue weighted by Gasteiger charge is 2.42. The Balaban J connectivity index is 0.000000209. The van der Waals surface area contributed by atoms with Crippen LogP contribution in [0.25, 0.3) is 56.6 Å². The Morgan fingerprint density at radius 3 is 1.43 bits per heavy atom. The van der Waals surface area contributed by atoms with Gasteiger partial charge in [0.1, 0.15) is 34.3 Å². The Hall–Kier alpha value is -8.98. The largest absolute Gasteiger partial charge is 0.478 e. The zero-order valence-corrected chi connectivity index (χ0v) is 45.4. The molecule has 0 spiro atoms. The van der Waals surface area contributed by atoms with Crippen LogP contribution in [0.1, 0.15) is 100 Å². The van der Waals surface area contributed by atoms with Crippen LogP contribution in [0, 0.1) is 25.7 Å². The van der Waals surface area contributed by atoms with Gasteiger partial charge in [0, 0.05) is 85.5 Å². The van der Waals surface area contributed by atoms with Crippen molar-refractivity contribution in [2.75, 3.05) is 37.6 Å². The normalized spacial score (nSPS) is 14.2. The number of carbonyl (C=O) groups excluding carboxylic acids is 3. The number of pyridine rings is 4. The van der Waals surface area contributed by atoms with Gasteiger partial charge in [-0.1, -0.05) is 7.43 Å². The molecule has 15 nitrogen and oxygen atoms in total. The van der Waals surface area contributed by atoms with Crippen LogP contribution in [-0.4, -0.2) is 91.9 Å². The molecule has 8 aromatic rings. The van der Waals surface area contributed by atoms with Crippen LogP contribution in [0.15, 0.2) is 131 Å². The number of allylic oxidation sites excluding steroid dienone is 2. The number of hydrogen-bond donors (Lipinski definition) is 4. The van der Waals surface area contributed by atoms with E-state index in [1.165, 1.54) is 35.5 Å². The zero-order chi connectivity index (χ0) is 59.4. The van der Waals surface area contributed by atoms with E-state index in [-0.39, 0.29) is 75.7 Å². The number of benzene rings is 2. The van der Waals surface area contributed by atoms with Crippen LogP contribution in [0.2, 0.25) is 0 Å². The van der Waals surface area contributed by atoms with Crippen molar-refractivity contribution >= 4 is 69.2 Å². The quantitative estimate of drug-likeness (QED) is 0.0586. The number of likely N-dealkylation sites (tertiary alicyclic amines) is 1. The van der Waals surface area contributed by atoms with E-state index in [0.29, 0.717) is 66.7 Å². The number of halogens is 6. The molecule has 2 saturated heterocycles. The first-order chi connectivity index (χ1) is 39.6. The summed E-state index contributed by atoms with van der Waals surface area (Å²) >= 11 is 0. The first-order valence-corrected chi connectivity index (χ1v) is 26.8. The minimum atomic E-state index is -4.22. The van der Waals surface area contributed by atoms with E-state index in [1.54, 1.807) is 67.0 Å². The fraction of sp³-hybridized carbons (Fsp3) is 0.302. The van der Waals surface area contributed by atoms with E-state index in [4.69, 9.17) is 25.4 Å². The minimum absolute atomic E-state index is 0. The summed E-state index contributed by atoms with van der Waals surface area (Å²) in [6, 6.07) is 25.2. The number of nitrogen functional groups attached to an aromatic ring is 2. The number of aryl methyl sites for hydroxylation is 4. The Labute approximate surface area is 480 Å². The second kappa shape index (κ2) is 27.9. The zero-order valence-electron chi connectivity index (χ0n) is 45.4. The summed E-state index contributed by atoms with van der Waals surface area (Å²) in [4.78, 5) is 66.6. The number of amides is 1. The predicted molar refractivity (Wildman–Crippen MR) is 310 cm³/mol. The summed E-state index contributed by atoms with van der Waals surface area (Å²) < 4.78 is 86.6. The van der Waals surface area contributed by atoms with Gasteiger partial charge in [0.2, 0.25) is 0 Å². The summed E-state index contributed by atoms with van der Waals surface area (Å²) in [6.45, 7) is 5.03. The van der Waals surface area contributed by atoms with Crippen LogP contribution in [0.5, 0.6) is 0 Å². The number of ketones is 2. The van der Waals surface area contributed by atoms with E-state index in [0.717, 1.165) is 61.1 Å². The highest BCUT2D eigenvalue weighted by atomic mass is 19.4. The number of nitrogens with zero attached hydrogens (tertiary/aromatic N) is 5. The highest BCUT2D eigenvalue weighted by Crippen LogP contribution is 2.36. The van der Waals surface area contributed by atoms with Crippen LogP contribution < -0.4 is 16.8 Å². The molecule has 21 heteroatoms. The van der Waals surface area contributed by atoms with Crippen molar-refractivity contribution in [2.45, 2.75) is 85.0 Å². The molecule has 0 atom stereocenters. The van der Waals surface area contributed by atoms with Crippen molar-refractivity contribution < 1.29 is 59.5 Å². The first kappa shape index (κ1) is 62.6. The number of rotatable bonds is 14. The summed E-state index contributed by atoms with van der Waals surface area (Å²) in [6.07, 6.45) is 6.15. The van der Waals surface area contributed by atoms with Gasteiger partial charge in [-0.05, 0) is 184 Å². The van der Waals surface area contributed by atoms with Crippen molar-refractivity contribution in [3.63, 3.8) is 0 Å². The molecule has 2 fully saturated rings. The molecule has 2 aromatic carbocycles. The van der Waals surface area contributed by atoms with Crippen LogP contribution in [-0.2, 0) is 22.4 Å². The predicted octanol–water partition coefficient (Wildman–Crippen LogP) is 13.3. The number of alkyl halides is 6. The number of anilines is 2. The van der Waals surface area contributed by atoms with Crippen molar-refractivity contribution in [1.82, 2.24) is 30.2 Å². The van der Waals surface area contributed by atoms with Gasteiger partial charge < -0.3 is 35.6 Å². The molecule has 0 saturated carbocycles. The third-order valence-electron chi connectivity index (χ3n) is 14.1. The van der Waals surface area contributed by atoms with Crippen LogP contribution >= 0.6 is 0 Å². The number of carboxylic acid groups (broad SMARTS) is 1. The van der Waals surface area contributed by atoms with Gasteiger partial charge in [-0.2, -0.15) is 26.3 Å². The third-order valence-corrected chi connectivity index (χ3v) is 14.1. The summed E-state index contributed by atoms with van der Waals surface area (Å²) in [5.74, 6) is -1.52. The van der Waals surface area contributed by atoms with Gasteiger partial charge >= 0.3 is 18.3 Å². The second-order valence-electron chi connectivity index (χ2n) is 20.3. The Bertz CT molecular complexity index is 3620. The van der Waals surface area contributed by atoms with Gasteiger partial charge in [0.15, 0.2) is 11.6 Å². The molecule has 10 rings (SSSR count). The molecule has 440 valence electrons. The van der Waals surface area contributed by atoms with Crippen molar-refractivity contribution in [1.29, 1.82) is 0 Å². The summed E-state index contributed by atoms with van der Waals surface area (Å²) in [7, 11) is 0. The number of aromatic nitrogens is 4. The number of piperidine rings is 2. The molecule has 8 heterocycles. The van der Waals surface area contributed by atoms with Gasteiger partial charge in [0.05, 0.1) is 34.4 Å². The van der Waals surface area contributed by atoms with E-state index >= 15 is 0 Å². The lowest BCUT2D eigenvalue weighted by Crippen LogP contribution is -2.42. The van der Waals surface area contributed by atoms with Crippen molar-refractivity contribution in [3.8, 4) is 22.5 Å². The lowest BCUT2D eigenvalue weighted by atomic mass is 9.96. The van der Waals surface area contributed by atoms with Crippen molar-refractivity contribution in [3.05, 3.63) is 167 Å². The molecule has 2 aliphatic rings. The topological polar surface area (TPSA) is 234 Å². The Morgan fingerprint density at radius 1 is 0.607 bits per heavy atom. The maximum atomic E-state index is 12.9. The molecule has 1 amide bonds. The van der Waals surface area contributed by atoms with Gasteiger partial charge in [0.25, 0.3) is 5.91 Å². The Morgan fingerprint density at radius 2 is 1.05 bits per heavy atom. The van der Waals surface area contributed by atoms with Crippen LogP contribution in [0.3, 0.4) is 0 Å². The molecule has 6 aromatic heterocycles. The van der Waals surface area contributed by atoms with Crippen LogP contribution in [0.4, 0.5) is 38.0 Å². The van der Waals surface area contributed by atoms with E-state index in [1.807, 2.05) is 50.2 Å². The number of fused-ring (bicyclic) bond motifs is 2. The minimum Gasteiger partial charge on any atom is -0.478 e. The Kier molecular flexibility index (Phi) is 20.8. The number of nitrogens with two attached hydrogens (primary N) is 2. The standard InChI is InChI=1S/C31H29F3N4O3.C25H21N3O4.C6H10F3N.CH4/c1-19-14-22(27-8-4-21(18-36-27)30(40)38-12-10-24(11-13-38)31(32,33)34)15-23-16-26(41-29(19)23)7-6-25(39)5-2-20-3-9-28(35)37-17-20;1-15-10-18(22-8-4-17(14-27-22)25(30)31)11-19-12-21(32-24(15)19)7-6-20(29)5-2-16-3-9-23(26)28-13-16;7-6(8,9)5-1-3-10-4-2-5;/h2-5,8-9,14-18,24H,6-7,10-13H2,1H3,(H2,35,37);2-5,8-14H,6-7H2,1H3,(H2,26,28)(H,30,31);5,10H,1-4H2;1H4/b2*5-2+;;. The molecule has 0 unspecified atom stereocenters. The van der Waals surface area contributed by atoms with E-state index < -0.39 is 30.2 Å². The number of aromatic carboxylic acids is 1. The average molecular weight is 1160 g/mol. The first-order valence-electron chi connectivity index (χ1n) is 26.8. The lowest BCUT2D eigenvalue weighted by molar-refractivity contribution is -0.183. The number of carboxylic acids is 1. The lowest BCUT2D eigenvalue weighted by Gasteiger charge is -2.32. The molecule has 84 heavy (non-hydrogen) atoms. The van der Waals surface area contributed by atoms with Gasteiger partial charge in [-0.25, -0.2) is 14.8 Å². The smallest absolute Gasteiger partial charge is 0.391 e. The van der Waals surface area contributed by atoms with Gasteiger partial charge in [-0.3, -0.25) is 24.4 Å². The molecular weight excluding hydrogens is 1090 g/mol. The highest BCUT2D eigenvalue weighted by molar-refractivity contribution is 5.96. The summed E-state index contributed by atoms with van der Waals surface area (Å²) in [5.41, 5.74) is 19.6. The fourth-order valence-corrected chi connectivity index (χ4v) is 9.50. The molecule has 6 N–H and O–H groups in total. The molecule has 0 bridgehead atoms. The van der Waals surface area contributed by atoms with E-state index in [2.05, 4.69) is 25.3 Å². The molecular formula is C63H64F6N8O7. The molecule has 2 aliphatic heterocycles. The van der Waals surface area contributed by atoms with E-state index in [9.17, 15) is 45.5 Å². The van der Waals surface area contributed by atoms with Gasteiger partial charge in [-0.15, -0.1) is 0 Å². The second-order valence-corrected chi connectivity index (χ2v) is 20.3. The number of hydrogen-bond acceptors (Lipinski definition) is 13. The number of furan rings is 2. The number of carbonyl (C=O) groups is 4. The maximum absolute atomic E-state index is 12.9. The molecule has 0 radical (unpaired) electrons. The summed E-state index contributed by atoms with van der Waals surface area (Å²) in [5, 5.41) is 13.7. The monoisotopic (exact) mass is 1160 g/mol. The van der Waals surface area contributed by atoms with Crippen molar-refractivity contribution in [2.24, 2.45) is 11.8 Å². The third kappa shape index (κ3) is 17.1. The maximum Gasteiger partial charge on any atom is 0.391 e. The molecule has 0 aliphatic carbocycles. The SMILES string of the molecule is C.Cc1cc(-c2ccc(C(=O)N3CCC(C(F)(F)F)CC3)cn2)cc2cc(CCC(=O)/C=C/c3ccc(N)nc3)oc12.Cc1cc(-c2ccc(C(=O)O)cn2)cc2cc(CCC(=O)/C=C/c3ccc(N)nc3)oc12.FC(F)(F)C1CCNCC1.